The number of carbonyl (C=O) groups is 2. The number of aromatic nitrogens is 4. The van der Waals surface area contributed by atoms with Crippen LogP contribution >= 0.6 is 15.9 Å². The van der Waals surface area contributed by atoms with Crippen molar-refractivity contribution in [3.8, 4) is 17.2 Å². The number of amides is 2. The predicted octanol–water partition coefficient (Wildman–Crippen LogP) is 2.52. The van der Waals surface area contributed by atoms with E-state index in [0.717, 1.165) is 10.6 Å². The second-order valence-electron chi connectivity index (χ2n) is 7.22. The quantitative estimate of drug-likeness (QED) is 0.491. The maximum absolute atomic E-state index is 13.6. The Kier molecular flexibility index (Phi) is 6.24. The van der Waals surface area contributed by atoms with Crippen LogP contribution in [0.3, 0.4) is 0 Å². The zero-order chi connectivity index (χ0) is 24.6. The molecule has 0 radical (unpaired) electrons. The summed E-state index contributed by atoms with van der Waals surface area (Å²) in [5, 5.41) is 13.3. The first kappa shape index (κ1) is 23.6. The van der Waals surface area contributed by atoms with Gasteiger partial charge in [-0.3, -0.25) is 14.1 Å². The maximum Gasteiger partial charge on any atom is 0.471 e. The van der Waals surface area contributed by atoms with Crippen LogP contribution in [-0.2, 0) is 9.59 Å². The molecule has 2 aromatic heterocycles. The third-order valence-corrected chi connectivity index (χ3v) is 5.71. The molecule has 1 N–H and O–H groups in total. The molecule has 0 spiro atoms. The van der Waals surface area contributed by atoms with Crippen molar-refractivity contribution in [1.29, 1.82) is 0 Å². The number of likely N-dealkylation sites (tertiary alicyclic amines) is 1. The number of carbonyl (C=O) groups excluding carboxylic acids is 2. The molecule has 0 saturated carbocycles. The molecule has 0 atom stereocenters. The van der Waals surface area contributed by atoms with Crippen LogP contribution in [0.1, 0.15) is 12.8 Å². The lowest BCUT2D eigenvalue weighted by molar-refractivity contribution is -0.186. The van der Waals surface area contributed by atoms with Gasteiger partial charge in [0.05, 0.1) is 10.2 Å². The number of anilines is 1. The molecule has 1 aliphatic heterocycles. The highest BCUT2D eigenvalue weighted by atomic mass is 79.9. The lowest BCUT2D eigenvalue weighted by Crippen LogP contribution is -2.46. The monoisotopic (exact) mass is 548 g/mol. The van der Waals surface area contributed by atoms with Crippen molar-refractivity contribution in [1.82, 2.24) is 24.9 Å². The average molecular weight is 549 g/mol. The maximum atomic E-state index is 13.6. The van der Waals surface area contributed by atoms with Gasteiger partial charge in [0.1, 0.15) is 5.82 Å². The van der Waals surface area contributed by atoms with Crippen molar-refractivity contribution in [2.75, 3.05) is 18.4 Å². The number of hydrogen-bond acceptors (Lipinski definition) is 8. The van der Waals surface area contributed by atoms with Crippen LogP contribution in [0.4, 0.5) is 23.4 Å². The van der Waals surface area contributed by atoms with Crippen molar-refractivity contribution in [2.45, 2.75) is 19.0 Å². The summed E-state index contributed by atoms with van der Waals surface area (Å²) in [7, 11) is 0. The van der Waals surface area contributed by atoms with Crippen LogP contribution < -0.4 is 11.1 Å². The summed E-state index contributed by atoms with van der Waals surface area (Å²) in [6.45, 7) is -0.495. The molecule has 1 aromatic carbocycles. The van der Waals surface area contributed by atoms with Gasteiger partial charge in [-0.25, -0.2) is 18.4 Å². The second-order valence-corrected chi connectivity index (χ2v) is 8.08. The Morgan fingerprint density at radius 1 is 1.15 bits per heavy atom. The number of nitrogens with zero attached hydrogens (tertiary/aromatic N) is 5. The first-order chi connectivity index (χ1) is 16.1. The third-order valence-electron chi connectivity index (χ3n) is 5.10. The number of halogens is 5. The minimum Gasteiger partial charge on any atom is -0.335 e. The van der Waals surface area contributed by atoms with Crippen LogP contribution in [0.2, 0.25) is 0 Å². The molecule has 3 heterocycles. The summed E-state index contributed by atoms with van der Waals surface area (Å²) >= 11 is 3.01. The highest BCUT2D eigenvalue weighted by Crippen LogP contribution is 2.28. The average Bonchev–Trinajstić information content (AvgIpc) is 3.40. The summed E-state index contributed by atoms with van der Waals surface area (Å²) < 4.78 is 61.7. The largest absolute Gasteiger partial charge is 0.471 e. The summed E-state index contributed by atoms with van der Waals surface area (Å²) in [6.07, 6.45) is -5.00. The first-order valence-corrected chi connectivity index (χ1v) is 10.4. The van der Waals surface area contributed by atoms with E-state index >= 15 is 0 Å². The van der Waals surface area contributed by atoms with Crippen molar-refractivity contribution in [3.05, 3.63) is 39.0 Å². The fraction of sp³-hybridized carbons (Fsp3) is 0.333. The number of alkyl halides is 3. The first-order valence-electron chi connectivity index (χ1n) is 9.60. The lowest BCUT2D eigenvalue weighted by atomic mass is 9.96. The minimum atomic E-state index is -4.98. The molecule has 0 bridgehead atoms. The fourth-order valence-electron chi connectivity index (χ4n) is 3.41. The molecule has 2 amide bonds. The Hall–Kier alpha value is -3.56. The highest BCUT2D eigenvalue weighted by Gasteiger charge is 2.43. The van der Waals surface area contributed by atoms with Crippen molar-refractivity contribution >= 4 is 33.6 Å². The molecule has 16 heteroatoms. The Balaban J connectivity index is 1.52. The zero-order valence-electron chi connectivity index (χ0n) is 16.8. The molecule has 0 unspecified atom stereocenters. The number of hydrogen-bond donors (Lipinski definition) is 1. The summed E-state index contributed by atoms with van der Waals surface area (Å²) in [5.74, 6) is -5.20. The van der Waals surface area contributed by atoms with E-state index < -0.39 is 35.5 Å². The van der Waals surface area contributed by atoms with E-state index in [2.05, 4.69) is 45.9 Å². The SMILES string of the molecule is O=C(Nc1nonc1-c1noc(=O)n1-c1ccc(F)c(Br)c1)C1CCN(C(=O)C(F)(F)F)CC1. The van der Waals surface area contributed by atoms with Crippen LogP contribution in [0.15, 0.2) is 36.6 Å². The van der Waals surface area contributed by atoms with Crippen LogP contribution in [-0.4, -0.2) is 56.0 Å². The highest BCUT2D eigenvalue weighted by molar-refractivity contribution is 9.10. The van der Waals surface area contributed by atoms with Gasteiger partial charge in [0.25, 0.3) is 0 Å². The molecule has 4 rings (SSSR count). The van der Waals surface area contributed by atoms with Crippen LogP contribution in [0, 0.1) is 11.7 Å². The van der Waals surface area contributed by atoms with Gasteiger partial charge in [0.2, 0.25) is 17.5 Å². The van der Waals surface area contributed by atoms with Gasteiger partial charge in [0.15, 0.2) is 5.69 Å². The number of benzene rings is 1. The minimum absolute atomic E-state index is 0.00740. The van der Waals surface area contributed by atoms with Gasteiger partial charge in [-0.05, 0) is 57.3 Å². The van der Waals surface area contributed by atoms with Gasteiger partial charge in [-0.1, -0.05) is 5.16 Å². The molecule has 180 valence electrons. The van der Waals surface area contributed by atoms with E-state index in [4.69, 9.17) is 0 Å². The zero-order valence-corrected chi connectivity index (χ0v) is 18.4. The summed E-state index contributed by atoms with van der Waals surface area (Å²) in [5.41, 5.74) is -0.0131. The van der Waals surface area contributed by atoms with Crippen LogP contribution in [0.5, 0.6) is 0 Å². The van der Waals surface area contributed by atoms with Crippen molar-refractivity contribution in [2.24, 2.45) is 5.92 Å². The molecule has 0 aliphatic carbocycles. The third kappa shape index (κ3) is 4.57. The van der Waals surface area contributed by atoms with Gasteiger partial charge in [-0.2, -0.15) is 13.2 Å². The van der Waals surface area contributed by atoms with E-state index in [1.807, 2.05) is 0 Å². The molecule has 1 aliphatic rings. The molecular formula is C18H13BrF4N6O5. The molecule has 3 aromatic rings. The van der Waals surface area contributed by atoms with Crippen LogP contribution in [0.25, 0.3) is 17.2 Å². The van der Waals surface area contributed by atoms with E-state index in [-0.39, 0.29) is 53.4 Å². The van der Waals surface area contributed by atoms with E-state index in [0.29, 0.717) is 4.90 Å². The summed E-state index contributed by atoms with van der Waals surface area (Å²) in [4.78, 5) is 36.9. The normalized spacial score (nSPS) is 14.9. The number of nitrogens with one attached hydrogen (secondary N) is 1. The standard InChI is InChI=1S/C18H13BrF4N6O5/c19-10-7-9(1-2-11(10)20)29-14(27-33-17(29)32)12-13(26-34-25-12)24-15(30)8-3-5-28(6-4-8)16(31)18(21,22)23/h1-2,7-8H,3-6H2,(H,24,26,30). The molecule has 34 heavy (non-hydrogen) atoms. The van der Waals surface area contributed by atoms with E-state index in [1.54, 1.807) is 0 Å². The number of rotatable bonds is 4. The Morgan fingerprint density at radius 2 is 1.85 bits per heavy atom. The molecule has 1 fully saturated rings. The van der Waals surface area contributed by atoms with Gasteiger partial charge in [-0.15, -0.1) is 0 Å². The topological polar surface area (TPSA) is 136 Å². The fourth-order valence-corrected chi connectivity index (χ4v) is 3.78. The smallest absolute Gasteiger partial charge is 0.335 e. The van der Waals surface area contributed by atoms with Gasteiger partial charge < -0.3 is 10.2 Å². The Labute approximate surface area is 194 Å². The molecule has 1 saturated heterocycles. The predicted molar refractivity (Wildman–Crippen MR) is 107 cm³/mol. The Bertz CT molecular complexity index is 1290. The Morgan fingerprint density at radius 3 is 2.50 bits per heavy atom. The summed E-state index contributed by atoms with van der Waals surface area (Å²) in [6, 6.07) is 3.67. The second kappa shape index (κ2) is 9.00. The molecule has 11 nitrogen and oxygen atoms in total. The van der Waals surface area contributed by atoms with Crippen molar-refractivity contribution < 1.29 is 36.3 Å². The van der Waals surface area contributed by atoms with Crippen molar-refractivity contribution in [3.63, 3.8) is 0 Å². The van der Waals surface area contributed by atoms with Gasteiger partial charge in [0, 0.05) is 19.0 Å². The van der Waals surface area contributed by atoms with Gasteiger partial charge >= 0.3 is 17.8 Å². The van der Waals surface area contributed by atoms with E-state index in [9.17, 15) is 31.9 Å². The lowest BCUT2D eigenvalue weighted by Gasteiger charge is -2.31. The van der Waals surface area contributed by atoms with E-state index in [1.165, 1.54) is 12.1 Å². The number of piperidine rings is 1. The molecular weight excluding hydrogens is 536 g/mol.